The standard InChI is InChI=1S/C12H16O/c1-12(2)8-7-9-5-3-4-6-10(9)11(12)13/h3-6,11,13H,7-8H2,1-2H3/t11-/m1/s1. The van der Waals surface area contributed by atoms with Crippen molar-refractivity contribution in [3.63, 3.8) is 0 Å². The lowest BCUT2D eigenvalue weighted by Gasteiger charge is -2.36. The van der Waals surface area contributed by atoms with Crippen molar-refractivity contribution in [1.82, 2.24) is 0 Å². The van der Waals surface area contributed by atoms with E-state index in [0.717, 1.165) is 18.4 Å². The molecular weight excluding hydrogens is 160 g/mol. The summed E-state index contributed by atoms with van der Waals surface area (Å²) in [7, 11) is 0. The maximum atomic E-state index is 10.1. The summed E-state index contributed by atoms with van der Waals surface area (Å²) >= 11 is 0. The van der Waals surface area contributed by atoms with Gasteiger partial charge in [-0.3, -0.25) is 0 Å². The van der Waals surface area contributed by atoms with Crippen molar-refractivity contribution in [2.45, 2.75) is 32.8 Å². The van der Waals surface area contributed by atoms with Crippen LogP contribution in [0.3, 0.4) is 0 Å². The van der Waals surface area contributed by atoms with Gasteiger partial charge < -0.3 is 5.11 Å². The van der Waals surface area contributed by atoms with Gasteiger partial charge in [0, 0.05) is 0 Å². The minimum absolute atomic E-state index is 0.0361. The minimum Gasteiger partial charge on any atom is -0.388 e. The zero-order valence-electron chi connectivity index (χ0n) is 8.25. The molecule has 1 atom stereocenters. The van der Waals surface area contributed by atoms with Crippen LogP contribution < -0.4 is 0 Å². The first-order valence-corrected chi connectivity index (χ1v) is 4.87. The predicted molar refractivity (Wildman–Crippen MR) is 53.5 cm³/mol. The predicted octanol–water partition coefficient (Wildman–Crippen LogP) is 2.69. The van der Waals surface area contributed by atoms with Crippen LogP contribution in [-0.2, 0) is 6.42 Å². The fraction of sp³-hybridized carbons (Fsp3) is 0.500. The molecule has 0 fully saturated rings. The highest BCUT2D eigenvalue weighted by Crippen LogP contribution is 2.42. The quantitative estimate of drug-likeness (QED) is 0.644. The lowest BCUT2D eigenvalue weighted by molar-refractivity contribution is 0.0340. The second-order valence-electron chi connectivity index (χ2n) is 4.59. The van der Waals surface area contributed by atoms with Crippen LogP contribution in [0, 0.1) is 5.41 Å². The van der Waals surface area contributed by atoms with Gasteiger partial charge in [0.25, 0.3) is 0 Å². The Morgan fingerprint density at radius 2 is 2.00 bits per heavy atom. The van der Waals surface area contributed by atoms with Gasteiger partial charge in [0.1, 0.15) is 0 Å². The fourth-order valence-corrected chi connectivity index (χ4v) is 2.04. The first kappa shape index (κ1) is 8.76. The van der Waals surface area contributed by atoms with E-state index in [1.165, 1.54) is 5.56 Å². The zero-order chi connectivity index (χ0) is 9.47. The number of aryl methyl sites for hydroxylation is 1. The third kappa shape index (κ3) is 1.37. The molecule has 1 aromatic carbocycles. The highest BCUT2D eigenvalue weighted by molar-refractivity contribution is 5.32. The first-order valence-electron chi connectivity index (χ1n) is 4.87. The molecule has 13 heavy (non-hydrogen) atoms. The van der Waals surface area contributed by atoms with E-state index in [0.29, 0.717) is 0 Å². The van der Waals surface area contributed by atoms with E-state index in [-0.39, 0.29) is 11.5 Å². The Bertz CT molecular complexity index is 315. The third-order valence-electron chi connectivity index (χ3n) is 3.13. The monoisotopic (exact) mass is 176 g/mol. The largest absolute Gasteiger partial charge is 0.388 e. The molecule has 0 aromatic heterocycles. The van der Waals surface area contributed by atoms with Crippen LogP contribution in [0.2, 0.25) is 0 Å². The summed E-state index contributed by atoms with van der Waals surface area (Å²) in [6.07, 6.45) is 1.88. The molecule has 0 saturated heterocycles. The number of aliphatic hydroxyl groups excluding tert-OH is 1. The molecule has 1 aromatic rings. The molecule has 0 bridgehead atoms. The van der Waals surface area contributed by atoms with Crippen LogP contribution >= 0.6 is 0 Å². The second-order valence-corrected chi connectivity index (χ2v) is 4.59. The number of fused-ring (bicyclic) bond motifs is 1. The highest BCUT2D eigenvalue weighted by Gasteiger charge is 2.33. The van der Waals surface area contributed by atoms with Crippen molar-refractivity contribution in [2.75, 3.05) is 0 Å². The molecule has 0 aliphatic heterocycles. The van der Waals surface area contributed by atoms with E-state index in [2.05, 4.69) is 19.9 Å². The molecule has 1 N–H and O–H groups in total. The summed E-state index contributed by atoms with van der Waals surface area (Å²) in [6, 6.07) is 8.21. The summed E-state index contributed by atoms with van der Waals surface area (Å²) in [6.45, 7) is 4.27. The molecule has 1 nitrogen and oxygen atoms in total. The van der Waals surface area contributed by atoms with Crippen LogP contribution in [0.1, 0.15) is 37.5 Å². The van der Waals surface area contributed by atoms with E-state index < -0.39 is 0 Å². The van der Waals surface area contributed by atoms with Gasteiger partial charge in [0.15, 0.2) is 0 Å². The Kier molecular flexibility index (Phi) is 1.92. The number of aliphatic hydroxyl groups is 1. The van der Waals surface area contributed by atoms with Gasteiger partial charge in [-0.15, -0.1) is 0 Å². The molecule has 0 heterocycles. The van der Waals surface area contributed by atoms with E-state index in [9.17, 15) is 5.11 Å². The van der Waals surface area contributed by atoms with E-state index in [1.807, 2.05) is 18.2 Å². The van der Waals surface area contributed by atoms with Crippen molar-refractivity contribution >= 4 is 0 Å². The van der Waals surface area contributed by atoms with Crippen molar-refractivity contribution in [3.8, 4) is 0 Å². The number of rotatable bonds is 0. The summed E-state index contributed by atoms with van der Waals surface area (Å²) in [5, 5.41) is 10.1. The average Bonchev–Trinajstić information content (AvgIpc) is 2.13. The van der Waals surface area contributed by atoms with Crippen molar-refractivity contribution in [1.29, 1.82) is 0 Å². The topological polar surface area (TPSA) is 20.2 Å². The molecule has 2 rings (SSSR count). The molecule has 1 heteroatoms. The van der Waals surface area contributed by atoms with Gasteiger partial charge in [-0.1, -0.05) is 38.1 Å². The fourth-order valence-electron chi connectivity index (χ4n) is 2.04. The van der Waals surface area contributed by atoms with Gasteiger partial charge in [-0.25, -0.2) is 0 Å². The van der Waals surface area contributed by atoms with E-state index >= 15 is 0 Å². The Balaban J connectivity index is 2.45. The molecule has 0 amide bonds. The van der Waals surface area contributed by atoms with Crippen LogP contribution in [0.25, 0.3) is 0 Å². The van der Waals surface area contributed by atoms with E-state index in [1.54, 1.807) is 0 Å². The molecule has 0 saturated carbocycles. The Morgan fingerprint density at radius 1 is 1.31 bits per heavy atom. The van der Waals surface area contributed by atoms with Gasteiger partial charge >= 0.3 is 0 Å². The number of hydrogen-bond donors (Lipinski definition) is 1. The van der Waals surface area contributed by atoms with E-state index in [4.69, 9.17) is 0 Å². The average molecular weight is 176 g/mol. The van der Waals surface area contributed by atoms with Gasteiger partial charge in [0.2, 0.25) is 0 Å². The summed E-state index contributed by atoms with van der Waals surface area (Å²) in [4.78, 5) is 0. The molecular formula is C12H16O. The smallest absolute Gasteiger partial charge is 0.0843 e. The molecule has 0 unspecified atom stereocenters. The molecule has 1 aliphatic carbocycles. The highest BCUT2D eigenvalue weighted by atomic mass is 16.3. The number of benzene rings is 1. The van der Waals surface area contributed by atoms with Gasteiger partial charge in [0.05, 0.1) is 6.10 Å². The van der Waals surface area contributed by atoms with Crippen LogP contribution in [0.4, 0.5) is 0 Å². The van der Waals surface area contributed by atoms with Crippen LogP contribution in [0.5, 0.6) is 0 Å². The van der Waals surface area contributed by atoms with Gasteiger partial charge in [-0.05, 0) is 29.4 Å². The second kappa shape index (κ2) is 2.85. The Hall–Kier alpha value is -0.820. The van der Waals surface area contributed by atoms with Crippen LogP contribution in [0.15, 0.2) is 24.3 Å². The summed E-state index contributed by atoms with van der Waals surface area (Å²) < 4.78 is 0. The van der Waals surface area contributed by atoms with Crippen molar-refractivity contribution < 1.29 is 5.11 Å². The summed E-state index contributed by atoms with van der Waals surface area (Å²) in [5.41, 5.74) is 2.47. The summed E-state index contributed by atoms with van der Waals surface area (Å²) in [5.74, 6) is 0. The minimum atomic E-state index is -0.294. The molecule has 1 aliphatic rings. The SMILES string of the molecule is CC1(C)CCc2ccccc2[C@H]1O. The Morgan fingerprint density at radius 3 is 2.77 bits per heavy atom. The maximum Gasteiger partial charge on any atom is 0.0843 e. The maximum absolute atomic E-state index is 10.1. The lowest BCUT2D eigenvalue weighted by Crippen LogP contribution is -2.27. The first-order chi connectivity index (χ1) is 6.11. The third-order valence-corrected chi connectivity index (χ3v) is 3.13. The zero-order valence-corrected chi connectivity index (χ0v) is 8.25. The van der Waals surface area contributed by atoms with Crippen molar-refractivity contribution in [3.05, 3.63) is 35.4 Å². The molecule has 0 radical (unpaired) electrons. The lowest BCUT2D eigenvalue weighted by atomic mass is 9.72. The Labute approximate surface area is 79.4 Å². The van der Waals surface area contributed by atoms with Crippen molar-refractivity contribution in [2.24, 2.45) is 5.41 Å². The van der Waals surface area contributed by atoms with Crippen LogP contribution in [-0.4, -0.2) is 5.11 Å². The molecule has 70 valence electrons. The van der Waals surface area contributed by atoms with Gasteiger partial charge in [-0.2, -0.15) is 0 Å². The molecule has 0 spiro atoms. The number of hydrogen-bond acceptors (Lipinski definition) is 1. The normalized spacial score (nSPS) is 25.3.